The molecule has 1 fully saturated rings. The van der Waals surface area contributed by atoms with E-state index in [1.807, 2.05) is 24.6 Å². The molecule has 1 aliphatic rings. The number of aromatic nitrogens is 3. The van der Waals surface area contributed by atoms with E-state index < -0.39 is 0 Å². The number of hydrogen-bond donors (Lipinski definition) is 2. The molecule has 1 aliphatic heterocycles. The van der Waals surface area contributed by atoms with Crippen molar-refractivity contribution in [2.75, 3.05) is 13.1 Å². The van der Waals surface area contributed by atoms with Gasteiger partial charge < -0.3 is 10.6 Å². The van der Waals surface area contributed by atoms with Crippen LogP contribution in [0, 0.1) is 6.92 Å². The van der Waals surface area contributed by atoms with E-state index in [1.165, 1.54) is 4.88 Å². The van der Waals surface area contributed by atoms with Crippen molar-refractivity contribution in [2.24, 2.45) is 0 Å². The van der Waals surface area contributed by atoms with E-state index in [2.05, 4.69) is 32.4 Å². The highest BCUT2D eigenvalue weighted by Crippen LogP contribution is 2.20. The van der Waals surface area contributed by atoms with Gasteiger partial charge in [0.15, 0.2) is 5.69 Å². The average Bonchev–Trinajstić information content (AvgIpc) is 3.17. The Bertz CT molecular complexity index is 651. The minimum atomic E-state index is -0.133. The molecule has 2 N–H and O–H groups in total. The maximum Gasteiger partial charge on any atom is 0.273 e. The second-order valence-electron chi connectivity index (χ2n) is 6.11. The largest absolute Gasteiger partial charge is 0.348 e. The SMILES string of the molecule is Cc1c(C(=O)NC(C)Cc2cccs2)nnn1C1CCNCC1.Cl. The molecule has 2 aromatic heterocycles. The Morgan fingerprint density at radius 3 is 2.92 bits per heavy atom. The summed E-state index contributed by atoms with van der Waals surface area (Å²) in [5, 5.41) is 16.8. The summed E-state index contributed by atoms with van der Waals surface area (Å²) in [6.45, 7) is 5.93. The first-order valence-electron chi connectivity index (χ1n) is 8.11. The van der Waals surface area contributed by atoms with E-state index in [9.17, 15) is 4.79 Å². The van der Waals surface area contributed by atoms with Crippen molar-refractivity contribution in [2.45, 2.75) is 45.2 Å². The number of carbonyl (C=O) groups excluding carboxylic acids is 1. The molecule has 0 bridgehead atoms. The summed E-state index contributed by atoms with van der Waals surface area (Å²) in [5.41, 5.74) is 1.30. The third kappa shape index (κ3) is 4.34. The molecular formula is C16H24ClN5OS. The van der Waals surface area contributed by atoms with Crippen molar-refractivity contribution in [1.29, 1.82) is 0 Å². The second kappa shape index (κ2) is 8.60. The van der Waals surface area contributed by atoms with Crippen LogP contribution in [0.1, 0.15) is 46.9 Å². The lowest BCUT2D eigenvalue weighted by atomic mass is 10.1. The summed E-state index contributed by atoms with van der Waals surface area (Å²) in [6.07, 6.45) is 2.89. The summed E-state index contributed by atoms with van der Waals surface area (Å²) >= 11 is 1.71. The first-order valence-corrected chi connectivity index (χ1v) is 8.99. The molecule has 0 saturated carbocycles. The van der Waals surface area contributed by atoms with Crippen LogP contribution in [0.3, 0.4) is 0 Å². The Morgan fingerprint density at radius 1 is 1.50 bits per heavy atom. The molecule has 1 atom stereocenters. The predicted octanol–water partition coefficient (Wildman–Crippen LogP) is 2.36. The first kappa shape index (κ1) is 18.9. The first-order chi connectivity index (χ1) is 11.1. The van der Waals surface area contributed by atoms with Gasteiger partial charge in [-0.05, 0) is 51.2 Å². The number of rotatable bonds is 5. The van der Waals surface area contributed by atoms with Crippen molar-refractivity contribution in [3.8, 4) is 0 Å². The molecule has 0 aliphatic carbocycles. The van der Waals surface area contributed by atoms with E-state index in [1.54, 1.807) is 11.3 Å². The molecule has 2 aromatic rings. The van der Waals surface area contributed by atoms with Gasteiger partial charge in [0.1, 0.15) is 0 Å². The minimum Gasteiger partial charge on any atom is -0.348 e. The van der Waals surface area contributed by atoms with Gasteiger partial charge >= 0.3 is 0 Å². The molecule has 0 spiro atoms. The third-order valence-electron chi connectivity index (χ3n) is 4.26. The lowest BCUT2D eigenvalue weighted by Gasteiger charge is -2.23. The Balaban J connectivity index is 0.00000208. The number of halogens is 1. The second-order valence-corrected chi connectivity index (χ2v) is 7.14. The summed E-state index contributed by atoms with van der Waals surface area (Å²) in [6, 6.07) is 4.54. The summed E-state index contributed by atoms with van der Waals surface area (Å²) in [7, 11) is 0. The number of nitrogens with one attached hydrogen (secondary N) is 2. The van der Waals surface area contributed by atoms with Gasteiger partial charge in [-0.3, -0.25) is 4.79 Å². The van der Waals surface area contributed by atoms with Gasteiger partial charge in [-0.15, -0.1) is 28.8 Å². The summed E-state index contributed by atoms with van der Waals surface area (Å²) in [4.78, 5) is 13.7. The predicted molar refractivity (Wildman–Crippen MR) is 98.1 cm³/mol. The highest BCUT2D eigenvalue weighted by atomic mass is 35.5. The van der Waals surface area contributed by atoms with Crippen LogP contribution >= 0.6 is 23.7 Å². The smallest absolute Gasteiger partial charge is 0.273 e. The molecule has 24 heavy (non-hydrogen) atoms. The molecular weight excluding hydrogens is 346 g/mol. The fourth-order valence-electron chi connectivity index (χ4n) is 3.02. The van der Waals surface area contributed by atoms with Crippen molar-refractivity contribution in [3.05, 3.63) is 33.8 Å². The topological polar surface area (TPSA) is 71.8 Å². The zero-order valence-corrected chi connectivity index (χ0v) is 15.6. The molecule has 1 unspecified atom stereocenters. The lowest BCUT2D eigenvalue weighted by Crippen LogP contribution is -2.34. The van der Waals surface area contributed by atoms with Crippen LogP contribution in [0.15, 0.2) is 17.5 Å². The average molecular weight is 370 g/mol. The standard InChI is InChI=1S/C16H23N5OS.ClH/c1-11(10-14-4-3-9-23-14)18-16(22)15-12(2)21(20-19-15)13-5-7-17-8-6-13;/h3-4,9,11,13,17H,5-8,10H2,1-2H3,(H,18,22);1H. The number of hydrogen-bond acceptors (Lipinski definition) is 5. The van der Waals surface area contributed by atoms with Crippen LogP contribution in [-0.2, 0) is 6.42 Å². The molecule has 3 rings (SSSR count). The fraction of sp³-hybridized carbons (Fsp3) is 0.562. The van der Waals surface area contributed by atoms with Gasteiger partial charge in [0.05, 0.1) is 11.7 Å². The van der Waals surface area contributed by atoms with Crippen LogP contribution in [0.25, 0.3) is 0 Å². The van der Waals surface area contributed by atoms with E-state index in [4.69, 9.17) is 0 Å². The zero-order valence-electron chi connectivity index (χ0n) is 14.0. The van der Waals surface area contributed by atoms with Crippen LogP contribution in [0.4, 0.5) is 0 Å². The van der Waals surface area contributed by atoms with Gasteiger partial charge in [0.25, 0.3) is 5.91 Å². The number of thiophene rings is 1. The molecule has 6 nitrogen and oxygen atoms in total. The third-order valence-corrected chi connectivity index (χ3v) is 5.16. The van der Waals surface area contributed by atoms with E-state index in [-0.39, 0.29) is 24.4 Å². The highest BCUT2D eigenvalue weighted by Gasteiger charge is 2.23. The lowest BCUT2D eigenvalue weighted by molar-refractivity contribution is 0.0934. The number of amides is 1. The van der Waals surface area contributed by atoms with E-state index >= 15 is 0 Å². The molecule has 1 saturated heterocycles. The molecule has 0 radical (unpaired) electrons. The normalized spacial score (nSPS) is 16.4. The Kier molecular flexibility index (Phi) is 6.77. The number of carbonyl (C=O) groups is 1. The molecule has 132 valence electrons. The van der Waals surface area contributed by atoms with Crippen molar-refractivity contribution in [3.63, 3.8) is 0 Å². The van der Waals surface area contributed by atoms with Crippen LogP contribution in [-0.4, -0.2) is 40.0 Å². The maximum atomic E-state index is 12.5. The van der Waals surface area contributed by atoms with Crippen molar-refractivity contribution in [1.82, 2.24) is 25.6 Å². The van der Waals surface area contributed by atoms with E-state index in [0.717, 1.165) is 38.0 Å². The van der Waals surface area contributed by atoms with Crippen molar-refractivity contribution >= 4 is 29.7 Å². The van der Waals surface area contributed by atoms with Crippen LogP contribution < -0.4 is 10.6 Å². The van der Waals surface area contributed by atoms with Gasteiger partial charge in [-0.1, -0.05) is 11.3 Å². The minimum absolute atomic E-state index is 0. The van der Waals surface area contributed by atoms with Crippen molar-refractivity contribution < 1.29 is 4.79 Å². The van der Waals surface area contributed by atoms with Gasteiger partial charge in [-0.25, -0.2) is 4.68 Å². The Hall–Kier alpha value is -1.44. The Morgan fingerprint density at radius 2 is 2.25 bits per heavy atom. The van der Waals surface area contributed by atoms with Gasteiger partial charge in [-0.2, -0.15) is 0 Å². The van der Waals surface area contributed by atoms with Gasteiger partial charge in [0, 0.05) is 17.3 Å². The molecule has 3 heterocycles. The maximum absolute atomic E-state index is 12.5. The van der Waals surface area contributed by atoms with E-state index in [0.29, 0.717) is 11.7 Å². The fourth-order valence-corrected chi connectivity index (χ4v) is 3.86. The summed E-state index contributed by atoms with van der Waals surface area (Å²) in [5.74, 6) is -0.133. The molecule has 8 heteroatoms. The van der Waals surface area contributed by atoms with Crippen LogP contribution in [0.5, 0.6) is 0 Å². The Labute approximate surface area is 152 Å². The number of piperidine rings is 1. The quantitative estimate of drug-likeness (QED) is 0.848. The van der Waals surface area contributed by atoms with Crippen LogP contribution in [0.2, 0.25) is 0 Å². The monoisotopic (exact) mass is 369 g/mol. The molecule has 1 amide bonds. The summed E-state index contributed by atoms with van der Waals surface area (Å²) < 4.78 is 1.92. The van der Waals surface area contributed by atoms with Gasteiger partial charge in [0.2, 0.25) is 0 Å². The number of nitrogens with zero attached hydrogens (tertiary/aromatic N) is 3. The highest BCUT2D eigenvalue weighted by molar-refractivity contribution is 7.09. The zero-order chi connectivity index (χ0) is 16.2. The molecule has 0 aromatic carbocycles.